The summed E-state index contributed by atoms with van der Waals surface area (Å²) in [4.78, 5) is 0. The second kappa shape index (κ2) is 22.9. The van der Waals surface area contributed by atoms with Crippen molar-refractivity contribution in [1.29, 1.82) is 0 Å². The van der Waals surface area contributed by atoms with Gasteiger partial charge in [-0.25, -0.2) is 35.4 Å². The molecule has 0 saturated carbocycles. The van der Waals surface area contributed by atoms with E-state index in [0.717, 1.165) is 0 Å². The minimum Gasteiger partial charge on any atom is -0.217 e. The Morgan fingerprint density at radius 1 is 0.191 bits per heavy atom. The van der Waals surface area contributed by atoms with Crippen LogP contribution < -0.4 is 94.5 Å². The Morgan fingerprint density at radius 3 is 0.529 bits per heavy atom. The van der Waals surface area contributed by atoms with Gasteiger partial charge in [0.05, 0.1) is 0 Å². The molecule has 0 N–H and O–H groups in total. The van der Waals surface area contributed by atoms with Gasteiger partial charge in [-0.15, -0.1) is 72.8 Å². The molecule has 0 aliphatic carbocycles. The predicted molar refractivity (Wildman–Crippen MR) is 296 cm³/mol. The van der Waals surface area contributed by atoms with E-state index in [4.69, 9.17) is 0 Å². The van der Waals surface area contributed by atoms with Gasteiger partial charge < -0.3 is 0 Å². The second-order valence-corrected chi connectivity index (χ2v) is 29.5. The van der Waals surface area contributed by atoms with E-state index in [0.29, 0.717) is 0 Å². The van der Waals surface area contributed by atoms with E-state index in [1.54, 1.807) is 0 Å². The van der Waals surface area contributed by atoms with Crippen molar-refractivity contribution < 1.29 is 59.1 Å². The fourth-order valence-corrected chi connectivity index (χ4v) is 25.5. The Bertz CT molecular complexity index is 2610. The molecule has 8 rings (SSSR count). The van der Waals surface area contributed by atoms with Gasteiger partial charge in [0, 0.05) is 0 Å². The van der Waals surface area contributed by atoms with Crippen LogP contribution in [-0.2, 0) is 0 Å². The molecule has 0 saturated heterocycles. The smallest absolute Gasteiger partial charge is 0.217 e. The third kappa shape index (κ3) is 11.4. The zero-order valence-corrected chi connectivity index (χ0v) is 51.3. The molecule has 0 atom stereocenters. The maximum Gasteiger partial charge on any atom is 1.00 e. The summed E-state index contributed by atoms with van der Waals surface area (Å²) in [6, 6.07) is 57.4. The summed E-state index contributed by atoms with van der Waals surface area (Å²) >= 11 is -5.99. The van der Waals surface area contributed by atoms with E-state index in [2.05, 4.69) is 256 Å². The number of hydrogen-bond donors (Lipinski definition) is 0. The minimum absolute atomic E-state index is 0. The van der Waals surface area contributed by atoms with Gasteiger partial charge in [0.15, 0.2) is 0 Å². The monoisotopic (exact) mass is 941 g/mol. The van der Waals surface area contributed by atoms with Gasteiger partial charge in [-0.3, -0.25) is 0 Å². The first-order valence-electron chi connectivity index (χ1n) is 24.2. The quantitative estimate of drug-likeness (QED) is 0.187. The molecule has 0 radical (unpaired) electrons. The Kier molecular flexibility index (Phi) is 18.8. The molecule has 0 nitrogen and oxygen atoms in total. The molecule has 0 fully saturated rings. The molecule has 0 aliphatic heterocycles. The van der Waals surface area contributed by atoms with Crippen molar-refractivity contribution in [2.24, 2.45) is 0 Å². The normalized spacial score (nSPS) is 11.3. The van der Waals surface area contributed by atoms with E-state index < -0.39 is 26.2 Å². The summed E-state index contributed by atoms with van der Waals surface area (Å²) in [5, 5.41) is 0. The van der Waals surface area contributed by atoms with Crippen LogP contribution in [0.5, 0.6) is 0 Å². The average Bonchev–Trinajstić information content (AvgIpc) is 3.19. The number of benzene rings is 8. The molecule has 0 heterocycles. The van der Waals surface area contributed by atoms with E-state index in [9.17, 15) is 0 Å². The maximum atomic E-state index is 2.46. The summed E-state index contributed by atoms with van der Waals surface area (Å²) in [5.41, 5.74) is 21.6. The first kappa shape index (κ1) is 55.7. The molecule has 0 aliphatic rings. The van der Waals surface area contributed by atoms with Crippen LogP contribution in [0.3, 0.4) is 0 Å². The van der Waals surface area contributed by atoms with Gasteiger partial charge >= 0.3 is 59.1 Å². The fourth-order valence-electron chi connectivity index (χ4n) is 12.4. The summed E-state index contributed by atoms with van der Waals surface area (Å²) < 4.78 is 12.1. The van der Waals surface area contributed by atoms with Crippen molar-refractivity contribution in [2.75, 3.05) is 0 Å². The van der Waals surface area contributed by atoms with Crippen LogP contribution in [0.2, 0.25) is 0 Å². The fraction of sp³-hybridized carbons (Fsp3) is 0.250. The third-order valence-electron chi connectivity index (χ3n) is 14.5. The molecule has 336 valence electrons. The van der Waals surface area contributed by atoms with Crippen molar-refractivity contribution in [3.8, 4) is 0 Å². The van der Waals surface area contributed by atoms with Crippen molar-refractivity contribution in [2.45, 2.75) is 111 Å². The maximum absolute atomic E-state index is 3.00. The molecule has 0 unspecified atom stereocenters. The molecule has 0 bridgehead atoms. The van der Waals surface area contributed by atoms with Crippen LogP contribution >= 0.6 is 0 Å². The second-order valence-electron chi connectivity index (χ2n) is 20.9. The largest absolute Gasteiger partial charge is 1.00 e. The average molecular weight is 941 g/mol. The number of aryl methyl sites for hydroxylation is 16. The Labute approximate surface area is 461 Å². The Hall–Kier alpha value is -3.18. The van der Waals surface area contributed by atoms with Crippen LogP contribution in [-0.4, -0.2) is 26.2 Å². The molecule has 8 aromatic carbocycles. The molecular formula is C64H72Al2Na2. The minimum atomic E-state index is -3.00. The van der Waals surface area contributed by atoms with Gasteiger partial charge in [-0.05, 0) is 111 Å². The van der Waals surface area contributed by atoms with Crippen LogP contribution in [0, 0.1) is 111 Å². The van der Waals surface area contributed by atoms with Crippen molar-refractivity contribution >= 4 is 61.6 Å². The Balaban J connectivity index is 0.000000247. The SMILES string of the molecule is Cc1cc(C)c[c]([Al-]([c]2cc(C)cc(C)c2)([c]2cc(C)cc(C)c2)[c]2cc(C)cc(C)c2)c1.Cc1cc[c]([Al-]([c]2ccc(C)cc2C)([c]2ccc(C)cc2C)[c]2ccc(C)cc2C)c(C)c1.[Na+].[Na+]. The topological polar surface area (TPSA) is 0 Å². The van der Waals surface area contributed by atoms with Gasteiger partial charge in [0.2, 0.25) is 0 Å². The number of hydrogen-bond acceptors (Lipinski definition) is 0. The zero-order chi connectivity index (χ0) is 47.8. The summed E-state index contributed by atoms with van der Waals surface area (Å²) in [5.74, 6) is 0. The van der Waals surface area contributed by atoms with Crippen molar-refractivity contribution in [1.82, 2.24) is 0 Å². The van der Waals surface area contributed by atoms with Gasteiger partial charge in [-0.2, -0.15) is 0 Å². The first-order valence-corrected chi connectivity index (χ1v) is 28.8. The van der Waals surface area contributed by atoms with Crippen LogP contribution in [0.4, 0.5) is 0 Å². The number of rotatable bonds is 8. The molecule has 0 amide bonds. The summed E-state index contributed by atoms with van der Waals surface area (Å²) in [7, 11) is 0. The van der Waals surface area contributed by atoms with Crippen LogP contribution in [0.1, 0.15) is 89.0 Å². The molecule has 0 aromatic heterocycles. The molecule has 68 heavy (non-hydrogen) atoms. The zero-order valence-electron chi connectivity index (χ0n) is 45.0. The molecule has 8 aromatic rings. The molecule has 4 heteroatoms. The third-order valence-corrected chi connectivity index (χ3v) is 26.2. The van der Waals surface area contributed by atoms with E-state index in [1.165, 1.54) is 124 Å². The van der Waals surface area contributed by atoms with Crippen molar-refractivity contribution in [3.63, 3.8) is 0 Å². The van der Waals surface area contributed by atoms with Gasteiger partial charge in [0.1, 0.15) is 0 Å². The van der Waals surface area contributed by atoms with Crippen LogP contribution in [0.25, 0.3) is 0 Å². The standard InChI is InChI=1S/8C8H9.2Al.2Na/c8*1-7-4-3-5-8(2)6-7;;;;/h4*4-6H,1-2H3;4*3-4,6H,1-2H3;;;;/q;;;;;;;;2*-1;2*+1. The van der Waals surface area contributed by atoms with Gasteiger partial charge in [-0.1, -0.05) is 162 Å². The van der Waals surface area contributed by atoms with Crippen LogP contribution in [0.15, 0.2) is 146 Å². The first-order chi connectivity index (χ1) is 31.2. The predicted octanol–water partition coefficient (Wildman–Crippen LogP) is 5.07. The van der Waals surface area contributed by atoms with Crippen molar-refractivity contribution in [3.05, 3.63) is 235 Å². The summed E-state index contributed by atoms with van der Waals surface area (Å²) in [6.45, 7) is 36.0. The van der Waals surface area contributed by atoms with E-state index >= 15 is 0 Å². The summed E-state index contributed by atoms with van der Waals surface area (Å²) in [6.07, 6.45) is 0. The van der Waals surface area contributed by atoms with E-state index in [-0.39, 0.29) is 59.1 Å². The van der Waals surface area contributed by atoms with E-state index in [1.807, 2.05) is 0 Å². The Morgan fingerprint density at radius 2 is 0.368 bits per heavy atom. The molecular weight excluding hydrogens is 869 g/mol. The van der Waals surface area contributed by atoms with Gasteiger partial charge in [0.25, 0.3) is 26.2 Å². The molecule has 0 spiro atoms.